The minimum absolute atomic E-state index is 0.0566. The zero-order valence-electron chi connectivity index (χ0n) is 10.7. The SMILES string of the molecule is COC(C)(C)CNC(=O)[C@@H]1CC[C@H](C(=O)O)C1. The van der Waals surface area contributed by atoms with Crippen molar-refractivity contribution in [3.63, 3.8) is 0 Å². The Labute approximate surface area is 102 Å². The summed E-state index contributed by atoms with van der Waals surface area (Å²) in [6.45, 7) is 4.22. The Hall–Kier alpha value is -1.10. The lowest BCUT2D eigenvalue weighted by Gasteiger charge is -2.24. The summed E-state index contributed by atoms with van der Waals surface area (Å²) in [7, 11) is 1.60. The molecule has 1 aliphatic rings. The van der Waals surface area contributed by atoms with Crippen molar-refractivity contribution < 1.29 is 19.4 Å². The predicted molar refractivity (Wildman–Crippen MR) is 62.6 cm³/mol. The molecule has 0 heterocycles. The third kappa shape index (κ3) is 4.00. The van der Waals surface area contributed by atoms with Gasteiger partial charge in [0, 0.05) is 19.6 Å². The fourth-order valence-corrected chi connectivity index (χ4v) is 1.96. The maximum absolute atomic E-state index is 11.8. The largest absolute Gasteiger partial charge is 0.481 e. The van der Waals surface area contributed by atoms with E-state index in [4.69, 9.17) is 9.84 Å². The quantitative estimate of drug-likeness (QED) is 0.756. The van der Waals surface area contributed by atoms with E-state index in [1.54, 1.807) is 7.11 Å². The van der Waals surface area contributed by atoms with E-state index in [1.165, 1.54) is 0 Å². The highest BCUT2D eigenvalue weighted by Crippen LogP contribution is 2.31. The van der Waals surface area contributed by atoms with E-state index < -0.39 is 5.97 Å². The van der Waals surface area contributed by atoms with Crippen molar-refractivity contribution in [3.8, 4) is 0 Å². The highest BCUT2D eigenvalue weighted by molar-refractivity contribution is 5.80. The minimum Gasteiger partial charge on any atom is -0.481 e. The van der Waals surface area contributed by atoms with Crippen LogP contribution in [-0.4, -0.2) is 36.2 Å². The molecule has 1 rings (SSSR count). The van der Waals surface area contributed by atoms with Gasteiger partial charge in [0.2, 0.25) is 5.91 Å². The van der Waals surface area contributed by atoms with Crippen LogP contribution in [0.2, 0.25) is 0 Å². The summed E-state index contributed by atoms with van der Waals surface area (Å²) in [5.74, 6) is -1.37. The molecule has 2 N–H and O–H groups in total. The van der Waals surface area contributed by atoms with E-state index in [0.29, 0.717) is 25.8 Å². The predicted octanol–water partition coefficient (Wildman–Crippen LogP) is 1.03. The van der Waals surface area contributed by atoms with Gasteiger partial charge in [0.25, 0.3) is 0 Å². The van der Waals surface area contributed by atoms with Crippen LogP contribution < -0.4 is 5.32 Å². The summed E-state index contributed by atoms with van der Waals surface area (Å²) in [6.07, 6.45) is 1.71. The van der Waals surface area contributed by atoms with Crippen molar-refractivity contribution in [2.75, 3.05) is 13.7 Å². The van der Waals surface area contributed by atoms with Crippen LogP contribution in [0.5, 0.6) is 0 Å². The molecule has 2 atom stereocenters. The molecule has 5 heteroatoms. The smallest absolute Gasteiger partial charge is 0.306 e. The molecule has 0 radical (unpaired) electrons. The van der Waals surface area contributed by atoms with Gasteiger partial charge in [-0.15, -0.1) is 0 Å². The molecule has 0 aromatic rings. The monoisotopic (exact) mass is 243 g/mol. The van der Waals surface area contributed by atoms with E-state index in [9.17, 15) is 9.59 Å². The normalized spacial score (nSPS) is 24.6. The number of aliphatic carboxylic acids is 1. The highest BCUT2D eigenvalue weighted by Gasteiger charge is 2.34. The van der Waals surface area contributed by atoms with E-state index >= 15 is 0 Å². The van der Waals surface area contributed by atoms with Gasteiger partial charge in [0.05, 0.1) is 11.5 Å². The molecule has 0 bridgehead atoms. The van der Waals surface area contributed by atoms with Crippen LogP contribution >= 0.6 is 0 Å². The molecule has 0 saturated heterocycles. The second-order valence-electron chi connectivity index (χ2n) is 5.23. The summed E-state index contributed by atoms with van der Waals surface area (Å²) in [6, 6.07) is 0. The summed E-state index contributed by atoms with van der Waals surface area (Å²) in [5.41, 5.74) is -0.388. The number of ether oxygens (including phenoxy) is 1. The Bertz CT molecular complexity index is 301. The van der Waals surface area contributed by atoms with Crippen molar-refractivity contribution in [1.82, 2.24) is 5.32 Å². The number of rotatable bonds is 5. The maximum Gasteiger partial charge on any atom is 0.306 e. The zero-order valence-corrected chi connectivity index (χ0v) is 10.7. The first-order valence-electron chi connectivity index (χ1n) is 5.91. The summed E-state index contributed by atoms with van der Waals surface area (Å²) < 4.78 is 5.20. The van der Waals surface area contributed by atoms with E-state index in [-0.39, 0.29) is 23.3 Å². The van der Waals surface area contributed by atoms with Gasteiger partial charge < -0.3 is 15.2 Å². The number of hydrogen-bond donors (Lipinski definition) is 2. The lowest BCUT2D eigenvalue weighted by atomic mass is 10.0. The number of carbonyl (C=O) groups is 2. The van der Waals surface area contributed by atoms with Gasteiger partial charge in [-0.1, -0.05) is 0 Å². The fraction of sp³-hybridized carbons (Fsp3) is 0.833. The molecule has 1 saturated carbocycles. The molecule has 1 amide bonds. The number of carboxylic acid groups (broad SMARTS) is 1. The van der Waals surface area contributed by atoms with Gasteiger partial charge in [-0.05, 0) is 33.1 Å². The molecule has 0 aromatic heterocycles. The first-order valence-corrected chi connectivity index (χ1v) is 5.91. The standard InChI is InChI=1S/C12H21NO4/c1-12(2,17-3)7-13-10(14)8-4-5-9(6-8)11(15)16/h8-9H,4-7H2,1-3H3,(H,13,14)(H,15,16)/t8-,9+/m1/s1. The summed E-state index contributed by atoms with van der Waals surface area (Å²) >= 11 is 0. The van der Waals surface area contributed by atoms with Crippen LogP contribution in [0.4, 0.5) is 0 Å². The molecule has 1 fully saturated rings. The molecule has 0 aliphatic heterocycles. The number of amides is 1. The third-order valence-corrected chi connectivity index (χ3v) is 3.39. The lowest BCUT2D eigenvalue weighted by molar-refractivity contribution is -0.141. The molecule has 17 heavy (non-hydrogen) atoms. The average molecular weight is 243 g/mol. The van der Waals surface area contributed by atoms with Crippen LogP contribution in [0.25, 0.3) is 0 Å². The van der Waals surface area contributed by atoms with E-state index in [0.717, 1.165) is 0 Å². The summed E-state index contributed by atoms with van der Waals surface area (Å²) in [4.78, 5) is 22.6. The fourth-order valence-electron chi connectivity index (χ4n) is 1.96. The molecule has 0 unspecified atom stereocenters. The molecule has 5 nitrogen and oxygen atoms in total. The summed E-state index contributed by atoms with van der Waals surface area (Å²) in [5, 5.41) is 11.7. The Morgan fingerprint density at radius 2 is 1.94 bits per heavy atom. The van der Waals surface area contributed by atoms with Gasteiger partial charge in [-0.3, -0.25) is 9.59 Å². The molecule has 98 valence electrons. The van der Waals surface area contributed by atoms with Crippen molar-refractivity contribution in [3.05, 3.63) is 0 Å². The van der Waals surface area contributed by atoms with Gasteiger partial charge in [-0.25, -0.2) is 0 Å². The maximum atomic E-state index is 11.8. The van der Waals surface area contributed by atoms with Crippen LogP contribution in [0, 0.1) is 11.8 Å². The first kappa shape index (κ1) is 14.0. The first-order chi connectivity index (χ1) is 7.85. The molecular weight excluding hydrogens is 222 g/mol. The number of carboxylic acids is 1. The Morgan fingerprint density at radius 1 is 1.35 bits per heavy atom. The number of hydrogen-bond acceptors (Lipinski definition) is 3. The van der Waals surface area contributed by atoms with Gasteiger partial charge in [-0.2, -0.15) is 0 Å². The topological polar surface area (TPSA) is 75.6 Å². The van der Waals surface area contributed by atoms with Crippen LogP contribution in [0.15, 0.2) is 0 Å². The van der Waals surface area contributed by atoms with Gasteiger partial charge in [0.1, 0.15) is 0 Å². The van der Waals surface area contributed by atoms with Gasteiger partial charge >= 0.3 is 5.97 Å². The Kier molecular flexibility index (Phi) is 4.51. The van der Waals surface area contributed by atoms with Crippen LogP contribution in [0.3, 0.4) is 0 Å². The Morgan fingerprint density at radius 3 is 2.41 bits per heavy atom. The van der Waals surface area contributed by atoms with Crippen molar-refractivity contribution in [1.29, 1.82) is 0 Å². The molecule has 0 aromatic carbocycles. The van der Waals surface area contributed by atoms with Gasteiger partial charge in [0.15, 0.2) is 0 Å². The second-order valence-corrected chi connectivity index (χ2v) is 5.23. The lowest BCUT2D eigenvalue weighted by Crippen LogP contribution is -2.41. The average Bonchev–Trinajstić information content (AvgIpc) is 2.75. The molecule has 0 spiro atoms. The van der Waals surface area contributed by atoms with Crippen molar-refractivity contribution in [2.24, 2.45) is 11.8 Å². The van der Waals surface area contributed by atoms with Crippen LogP contribution in [0.1, 0.15) is 33.1 Å². The van der Waals surface area contributed by atoms with Crippen LogP contribution in [-0.2, 0) is 14.3 Å². The minimum atomic E-state index is -0.794. The number of nitrogens with one attached hydrogen (secondary N) is 1. The second kappa shape index (κ2) is 5.49. The molecular formula is C12H21NO4. The zero-order chi connectivity index (χ0) is 13.1. The number of carbonyl (C=O) groups excluding carboxylic acids is 1. The van der Waals surface area contributed by atoms with Crippen molar-refractivity contribution in [2.45, 2.75) is 38.7 Å². The third-order valence-electron chi connectivity index (χ3n) is 3.39. The van der Waals surface area contributed by atoms with E-state index in [1.807, 2.05) is 13.8 Å². The van der Waals surface area contributed by atoms with E-state index in [2.05, 4.69) is 5.32 Å². The molecule has 1 aliphatic carbocycles. The van der Waals surface area contributed by atoms with Crippen molar-refractivity contribution >= 4 is 11.9 Å². The number of methoxy groups -OCH3 is 1. The highest BCUT2D eigenvalue weighted by atomic mass is 16.5. The Balaban J connectivity index is 2.37.